The Labute approximate surface area is 131 Å². The molecule has 22 heavy (non-hydrogen) atoms. The van der Waals surface area contributed by atoms with Crippen LogP contribution in [0, 0.1) is 0 Å². The fourth-order valence-electron chi connectivity index (χ4n) is 2.18. The number of benzene rings is 1. The Morgan fingerprint density at radius 2 is 2.00 bits per heavy atom. The maximum absolute atomic E-state index is 12.6. The fourth-order valence-corrected chi connectivity index (χ4v) is 2.86. The highest BCUT2D eigenvalue weighted by Crippen LogP contribution is 2.22. The standard InChI is InChI=1S/C17H13NO3S/c1-2-21-17(20)15-12(16(19)14-8-5-9-22-14)10-11-6-3-4-7-13(11)18-15/h3-10H,2H2,1H3. The Kier molecular flexibility index (Phi) is 3.98. The quantitative estimate of drug-likeness (QED) is 0.544. The molecule has 0 radical (unpaired) electrons. The van der Waals surface area contributed by atoms with Crippen LogP contribution in [0.3, 0.4) is 0 Å². The highest BCUT2D eigenvalue weighted by Gasteiger charge is 2.22. The van der Waals surface area contributed by atoms with E-state index in [1.54, 1.807) is 31.2 Å². The van der Waals surface area contributed by atoms with Crippen LogP contribution in [-0.4, -0.2) is 23.3 Å². The summed E-state index contributed by atoms with van der Waals surface area (Å²) in [5, 5.41) is 2.64. The zero-order valence-corrected chi connectivity index (χ0v) is 12.7. The Morgan fingerprint density at radius 3 is 2.73 bits per heavy atom. The van der Waals surface area contributed by atoms with E-state index in [1.165, 1.54) is 11.3 Å². The zero-order chi connectivity index (χ0) is 15.5. The number of carbonyl (C=O) groups is 2. The number of rotatable bonds is 4. The van der Waals surface area contributed by atoms with E-state index >= 15 is 0 Å². The smallest absolute Gasteiger partial charge is 0.357 e. The van der Waals surface area contributed by atoms with Crippen LogP contribution in [0.1, 0.15) is 32.6 Å². The van der Waals surface area contributed by atoms with Crippen LogP contribution in [0.5, 0.6) is 0 Å². The molecule has 0 N–H and O–H groups in total. The highest BCUT2D eigenvalue weighted by atomic mass is 32.1. The van der Waals surface area contributed by atoms with Crippen molar-refractivity contribution < 1.29 is 14.3 Å². The lowest BCUT2D eigenvalue weighted by atomic mass is 10.0. The van der Waals surface area contributed by atoms with Gasteiger partial charge in [-0.05, 0) is 30.5 Å². The molecule has 0 fully saturated rings. The molecule has 0 unspecified atom stereocenters. The number of aromatic nitrogens is 1. The summed E-state index contributed by atoms with van der Waals surface area (Å²) in [4.78, 5) is 29.7. The van der Waals surface area contributed by atoms with E-state index in [2.05, 4.69) is 4.98 Å². The SMILES string of the molecule is CCOC(=O)c1nc2ccccc2cc1C(=O)c1cccs1. The van der Waals surface area contributed by atoms with E-state index < -0.39 is 5.97 Å². The van der Waals surface area contributed by atoms with Crippen molar-refractivity contribution in [2.45, 2.75) is 6.92 Å². The first kappa shape index (κ1) is 14.4. The number of fused-ring (bicyclic) bond motifs is 1. The molecular weight excluding hydrogens is 298 g/mol. The van der Waals surface area contributed by atoms with Crippen molar-refractivity contribution in [1.82, 2.24) is 4.98 Å². The summed E-state index contributed by atoms with van der Waals surface area (Å²) in [6, 6.07) is 12.6. The molecule has 0 aliphatic rings. The second-order valence-corrected chi connectivity index (χ2v) is 5.55. The average molecular weight is 311 g/mol. The number of ether oxygens (including phenoxy) is 1. The largest absolute Gasteiger partial charge is 0.461 e. The number of esters is 1. The molecule has 0 saturated carbocycles. The van der Waals surface area contributed by atoms with Gasteiger partial charge in [-0.25, -0.2) is 9.78 Å². The molecule has 0 bridgehead atoms. The van der Waals surface area contributed by atoms with Gasteiger partial charge in [0.2, 0.25) is 5.78 Å². The molecule has 2 aromatic heterocycles. The molecule has 0 saturated heterocycles. The van der Waals surface area contributed by atoms with Crippen molar-refractivity contribution in [3.63, 3.8) is 0 Å². The zero-order valence-electron chi connectivity index (χ0n) is 11.9. The van der Waals surface area contributed by atoms with Gasteiger partial charge in [0.05, 0.1) is 22.6 Å². The molecule has 3 aromatic rings. The minimum atomic E-state index is -0.576. The molecule has 3 rings (SSSR count). The average Bonchev–Trinajstić information content (AvgIpc) is 3.07. The molecule has 0 atom stereocenters. The molecule has 2 heterocycles. The second kappa shape index (κ2) is 6.07. The predicted molar refractivity (Wildman–Crippen MR) is 85.5 cm³/mol. The predicted octanol–water partition coefficient (Wildman–Crippen LogP) is 3.70. The maximum atomic E-state index is 12.6. The first-order valence-corrected chi connectivity index (χ1v) is 7.73. The summed E-state index contributed by atoms with van der Waals surface area (Å²) in [6.45, 7) is 1.96. The van der Waals surface area contributed by atoms with E-state index in [0.717, 1.165) is 5.39 Å². The Hall–Kier alpha value is -2.53. The van der Waals surface area contributed by atoms with Crippen molar-refractivity contribution in [3.05, 3.63) is 64.0 Å². The van der Waals surface area contributed by atoms with Crippen molar-refractivity contribution in [1.29, 1.82) is 0 Å². The number of pyridine rings is 1. The second-order valence-electron chi connectivity index (χ2n) is 4.60. The van der Waals surface area contributed by atoms with Gasteiger partial charge in [-0.15, -0.1) is 11.3 Å². The number of nitrogens with zero attached hydrogens (tertiary/aromatic N) is 1. The van der Waals surface area contributed by atoms with Gasteiger partial charge >= 0.3 is 5.97 Å². The van der Waals surface area contributed by atoms with Crippen LogP contribution in [0.2, 0.25) is 0 Å². The van der Waals surface area contributed by atoms with E-state index in [0.29, 0.717) is 10.4 Å². The van der Waals surface area contributed by atoms with Crippen molar-refractivity contribution in [2.24, 2.45) is 0 Å². The van der Waals surface area contributed by atoms with Crippen LogP contribution in [0.4, 0.5) is 0 Å². The minimum Gasteiger partial charge on any atom is -0.461 e. The highest BCUT2D eigenvalue weighted by molar-refractivity contribution is 7.12. The van der Waals surface area contributed by atoms with Gasteiger partial charge in [0, 0.05) is 5.39 Å². The monoisotopic (exact) mass is 311 g/mol. The Morgan fingerprint density at radius 1 is 1.18 bits per heavy atom. The molecular formula is C17H13NO3S. The van der Waals surface area contributed by atoms with E-state index in [-0.39, 0.29) is 23.6 Å². The van der Waals surface area contributed by atoms with Gasteiger partial charge in [0.15, 0.2) is 5.69 Å². The van der Waals surface area contributed by atoms with Crippen LogP contribution in [-0.2, 0) is 4.74 Å². The number of para-hydroxylation sites is 1. The molecule has 0 aliphatic carbocycles. The molecule has 5 heteroatoms. The van der Waals surface area contributed by atoms with Crippen LogP contribution < -0.4 is 0 Å². The third-order valence-corrected chi connectivity index (χ3v) is 4.05. The topological polar surface area (TPSA) is 56.3 Å². The number of ketones is 1. The molecule has 4 nitrogen and oxygen atoms in total. The molecule has 0 spiro atoms. The number of hydrogen-bond acceptors (Lipinski definition) is 5. The van der Waals surface area contributed by atoms with Crippen LogP contribution in [0.15, 0.2) is 47.8 Å². The third kappa shape index (κ3) is 2.63. The first-order chi connectivity index (χ1) is 10.7. The summed E-state index contributed by atoms with van der Waals surface area (Å²) in [6.07, 6.45) is 0. The minimum absolute atomic E-state index is 0.0685. The van der Waals surface area contributed by atoms with Gasteiger partial charge in [-0.3, -0.25) is 4.79 Å². The van der Waals surface area contributed by atoms with Crippen molar-refractivity contribution >= 4 is 34.0 Å². The Bertz CT molecular complexity index is 840. The lowest BCUT2D eigenvalue weighted by Crippen LogP contribution is -2.14. The van der Waals surface area contributed by atoms with Crippen LogP contribution >= 0.6 is 11.3 Å². The molecule has 0 amide bonds. The van der Waals surface area contributed by atoms with E-state index in [1.807, 2.05) is 23.6 Å². The van der Waals surface area contributed by atoms with Gasteiger partial charge < -0.3 is 4.74 Å². The number of thiophene rings is 1. The van der Waals surface area contributed by atoms with Gasteiger partial charge in [0.25, 0.3) is 0 Å². The third-order valence-electron chi connectivity index (χ3n) is 3.18. The summed E-state index contributed by atoms with van der Waals surface area (Å²) < 4.78 is 5.03. The van der Waals surface area contributed by atoms with E-state index in [9.17, 15) is 9.59 Å². The van der Waals surface area contributed by atoms with Gasteiger partial charge in [-0.1, -0.05) is 24.3 Å². The van der Waals surface area contributed by atoms with Crippen LogP contribution in [0.25, 0.3) is 10.9 Å². The number of carbonyl (C=O) groups excluding carboxylic acids is 2. The summed E-state index contributed by atoms with van der Waals surface area (Å²) >= 11 is 1.34. The molecule has 110 valence electrons. The van der Waals surface area contributed by atoms with E-state index in [4.69, 9.17) is 4.74 Å². The van der Waals surface area contributed by atoms with Crippen molar-refractivity contribution in [2.75, 3.05) is 6.61 Å². The Balaban J connectivity index is 2.19. The van der Waals surface area contributed by atoms with Crippen molar-refractivity contribution in [3.8, 4) is 0 Å². The van der Waals surface area contributed by atoms with Gasteiger partial charge in [-0.2, -0.15) is 0 Å². The molecule has 1 aromatic carbocycles. The molecule has 0 aliphatic heterocycles. The normalized spacial score (nSPS) is 10.6. The summed E-state index contributed by atoms with van der Waals surface area (Å²) in [5.41, 5.74) is 1.01. The number of hydrogen-bond donors (Lipinski definition) is 0. The summed E-state index contributed by atoms with van der Waals surface area (Å²) in [7, 11) is 0. The lowest BCUT2D eigenvalue weighted by Gasteiger charge is -2.08. The maximum Gasteiger partial charge on any atom is 0.357 e. The lowest BCUT2D eigenvalue weighted by molar-refractivity contribution is 0.0517. The van der Waals surface area contributed by atoms with Gasteiger partial charge in [0.1, 0.15) is 0 Å². The first-order valence-electron chi connectivity index (χ1n) is 6.86. The fraction of sp³-hybridized carbons (Fsp3) is 0.118. The summed E-state index contributed by atoms with van der Waals surface area (Å²) in [5.74, 6) is -0.788.